The SMILES string of the molecule is COC(=O)c1cn([C@H]2CCCN(c3cnc4ccccc4n3)C2)nn1. The fourth-order valence-corrected chi connectivity index (χ4v) is 3.13. The number of fused-ring (bicyclic) bond motifs is 1. The van der Waals surface area contributed by atoms with E-state index in [9.17, 15) is 4.79 Å². The molecule has 4 rings (SSSR count). The van der Waals surface area contributed by atoms with Gasteiger partial charge in [-0.1, -0.05) is 17.3 Å². The zero-order valence-corrected chi connectivity index (χ0v) is 13.9. The first-order valence-electron chi connectivity index (χ1n) is 8.21. The lowest BCUT2D eigenvalue weighted by atomic mass is 10.1. The Morgan fingerprint density at radius 2 is 2.12 bits per heavy atom. The second-order valence-electron chi connectivity index (χ2n) is 6.03. The quantitative estimate of drug-likeness (QED) is 0.674. The molecule has 1 aromatic carbocycles. The summed E-state index contributed by atoms with van der Waals surface area (Å²) in [5.41, 5.74) is 2.00. The lowest BCUT2D eigenvalue weighted by molar-refractivity contribution is 0.0594. The molecule has 0 N–H and O–H groups in total. The zero-order valence-electron chi connectivity index (χ0n) is 13.9. The van der Waals surface area contributed by atoms with Gasteiger partial charge < -0.3 is 9.64 Å². The Morgan fingerprint density at radius 1 is 1.28 bits per heavy atom. The van der Waals surface area contributed by atoms with E-state index in [1.807, 2.05) is 30.5 Å². The standard InChI is InChI=1S/C17H18N6O2/c1-25-17(24)15-11-23(21-20-15)12-5-4-8-22(10-12)16-9-18-13-6-2-3-7-14(13)19-16/h2-3,6-7,9,11-12H,4-5,8,10H2,1H3/t12-/m0/s1. The van der Waals surface area contributed by atoms with Crippen LogP contribution in [0, 0.1) is 0 Å². The minimum Gasteiger partial charge on any atom is -0.464 e. The molecule has 1 atom stereocenters. The number of rotatable bonds is 3. The molecule has 2 aromatic heterocycles. The topological polar surface area (TPSA) is 86.0 Å². The van der Waals surface area contributed by atoms with Crippen LogP contribution in [0.2, 0.25) is 0 Å². The summed E-state index contributed by atoms with van der Waals surface area (Å²) in [4.78, 5) is 23.0. The molecule has 8 nitrogen and oxygen atoms in total. The number of aromatic nitrogens is 5. The number of esters is 1. The Bertz CT molecular complexity index is 909. The van der Waals surface area contributed by atoms with Gasteiger partial charge >= 0.3 is 5.97 Å². The summed E-state index contributed by atoms with van der Waals surface area (Å²) in [6.45, 7) is 1.67. The number of nitrogens with zero attached hydrogens (tertiary/aromatic N) is 6. The molecule has 1 saturated heterocycles. The van der Waals surface area contributed by atoms with Crippen LogP contribution in [0.3, 0.4) is 0 Å². The number of carbonyl (C=O) groups excluding carboxylic acids is 1. The molecular weight excluding hydrogens is 320 g/mol. The second-order valence-corrected chi connectivity index (χ2v) is 6.03. The third kappa shape index (κ3) is 3.02. The van der Waals surface area contributed by atoms with E-state index in [4.69, 9.17) is 4.98 Å². The van der Waals surface area contributed by atoms with Crippen LogP contribution in [0.4, 0.5) is 5.82 Å². The largest absolute Gasteiger partial charge is 0.464 e. The van der Waals surface area contributed by atoms with Crippen molar-refractivity contribution in [2.45, 2.75) is 18.9 Å². The van der Waals surface area contributed by atoms with Crippen LogP contribution in [0.5, 0.6) is 0 Å². The van der Waals surface area contributed by atoms with E-state index >= 15 is 0 Å². The Morgan fingerprint density at radius 3 is 2.96 bits per heavy atom. The van der Waals surface area contributed by atoms with Gasteiger partial charge in [-0.05, 0) is 25.0 Å². The van der Waals surface area contributed by atoms with Crippen molar-refractivity contribution in [1.82, 2.24) is 25.0 Å². The minimum absolute atomic E-state index is 0.132. The number of para-hydroxylation sites is 2. The molecule has 8 heteroatoms. The summed E-state index contributed by atoms with van der Waals surface area (Å²) in [5, 5.41) is 7.98. The molecule has 25 heavy (non-hydrogen) atoms. The van der Waals surface area contributed by atoms with Crippen LogP contribution in [0.25, 0.3) is 11.0 Å². The highest BCUT2D eigenvalue weighted by atomic mass is 16.5. The Labute approximate surface area is 144 Å². The van der Waals surface area contributed by atoms with Gasteiger partial charge in [0.1, 0.15) is 5.82 Å². The molecule has 1 fully saturated rings. The van der Waals surface area contributed by atoms with Crippen LogP contribution in [0.15, 0.2) is 36.7 Å². The predicted molar refractivity (Wildman–Crippen MR) is 91.4 cm³/mol. The van der Waals surface area contributed by atoms with Crippen molar-refractivity contribution < 1.29 is 9.53 Å². The smallest absolute Gasteiger partial charge is 0.360 e. The van der Waals surface area contributed by atoms with E-state index in [0.29, 0.717) is 0 Å². The van der Waals surface area contributed by atoms with Gasteiger partial charge in [-0.25, -0.2) is 14.5 Å². The van der Waals surface area contributed by atoms with Gasteiger partial charge in [0.15, 0.2) is 5.69 Å². The molecule has 3 aromatic rings. The number of ether oxygens (including phenoxy) is 1. The van der Waals surface area contributed by atoms with Crippen molar-refractivity contribution in [1.29, 1.82) is 0 Å². The number of methoxy groups -OCH3 is 1. The highest BCUT2D eigenvalue weighted by Gasteiger charge is 2.24. The molecule has 128 valence electrons. The van der Waals surface area contributed by atoms with Crippen molar-refractivity contribution in [2.24, 2.45) is 0 Å². The summed E-state index contributed by atoms with van der Waals surface area (Å²) >= 11 is 0. The molecule has 3 heterocycles. The van der Waals surface area contributed by atoms with E-state index in [1.165, 1.54) is 7.11 Å². The zero-order chi connectivity index (χ0) is 17.2. The van der Waals surface area contributed by atoms with Gasteiger partial charge in [0, 0.05) is 13.1 Å². The number of hydrogen-bond acceptors (Lipinski definition) is 7. The summed E-state index contributed by atoms with van der Waals surface area (Å²) in [5.74, 6) is 0.385. The first kappa shape index (κ1) is 15.5. The minimum atomic E-state index is -0.473. The van der Waals surface area contributed by atoms with Gasteiger partial charge in [0.05, 0.1) is 36.6 Å². The predicted octanol–water partition coefficient (Wildman–Crippen LogP) is 1.85. The van der Waals surface area contributed by atoms with E-state index in [2.05, 4.69) is 24.9 Å². The number of carbonyl (C=O) groups is 1. The number of piperidine rings is 1. The van der Waals surface area contributed by atoms with Crippen LogP contribution < -0.4 is 4.90 Å². The normalized spacial score (nSPS) is 17.6. The second kappa shape index (κ2) is 6.46. The highest BCUT2D eigenvalue weighted by Crippen LogP contribution is 2.25. The number of anilines is 1. The summed E-state index contributed by atoms with van der Waals surface area (Å²) in [6, 6.07) is 7.97. The summed E-state index contributed by atoms with van der Waals surface area (Å²) in [6.07, 6.45) is 5.44. The molecule has 0 radical (unpaired) electrons. The molecular formula is C17H18N6O2. The maximum Gasteiger partial charge on any atom is 0.360 e. The van der Waals surface area contributed by atoms with Crippen molar-refractivity contribution in [3.8, 4) is 0 Å². The lowest BCUT2D eigenvalue weighted by Gasteiger charge is -2.33. The molecule has 1 aliphatic rings. The molecule has 0 spiro atoms. The lowest BCUT2D eigenvalue weighted by Crippen LogP contribution is -2.37. The molecule has 0 saturated carbocycles. The Hall–Kier alpha value is -3.03. The van der Waals surface area contributed by atoms with E-state index < -0.39 is 5.97 Å². The van der Waals surface area contributed by atoms with Crippen LogP contribution in [-0.2, 0) is 4.74 Å². The van der Waals surface area contributed by atoms with Gasteiger partial charge in [-0.2, -0.15) is 0 Å². The van der Waals surface area contributed by atoms with Gasteiger partial charge in [-0.3, -0.25) is 4.98 Å². The summed E-state index contributed by atoms with van der Waals surface area (Å²) in [7, 11) is 1.34. The Balaban J connectivity index is 1.55. The van der Waals surface area contributed by atoms with Gasteiger partial charge in [-0.15, -0.1) is 5.10 Å². The van der Waals surface area contributed by atoms with Crippen molar-refractivity contribution in [2.75, 3.05) is 25.1 Å². The maximum atomic E-state index is 11.6. The monoisotopic (exact) mass is 338 g/mol. The number of benzene rings is 1. The molecule has 0 amide bonds. The van der Waals surface area contributed by atoms with Crippen molar-refractivity contribution in [3.63, 3.8) is 0 Å². The fourth-order valence-electron chi connectivity index (χ4n) is 3.13. The van der Waals surface area contributed by atoms with Crippen molar-refractivity contribution in [3.05, 3.63) is 42.4 Å². The fraction of sp³-hybridized carbons (Fsp3) is 0.353. The van der Waals surface area contributed by atoms with Crippen LogP contribution >= 0.6 is 0 Å². The van der Waals surface area contributed by atoms with Crippen molar-refractivity contribution >= 4 is 22.8 Å². The Kier molecular flexibility index (Phi) is 4.01. The third-order valence-corrected chi connectivity index (χ3v) is 4.44. The molecule has 0 bridgehead atoms. The number of hydrogen-bond donors (Lipinski definition) is 0. The molecule has 0 unspecified atom stereocenters. The average molecular weight is 338 g/mol. The highest BCUT2D eigenvalue weighted by molar-refractivity contribution is 5.86. The van der Waals surface area contributed by atoms with Crippen LogP contribution in [-0.4, -0.2) is 51.1 Å². The first-order chi connectivity index (χ1) is 12.2. The van der Waals surface area contributed by atoms with E-state index in [-0.39, 0.29) is 11.7 Å². The molecule has 0 aliphatic carbocycles. The maximum absolute atomic E-state index is 11.6. The van der Waals surface area contributed by atoms with E-state index in [0.717, 1.165) is 42.8 Å². The van der Waals surface area contributed by atoms with E-state index in [1.54, 1.807) is 10.9 Å². The molecule has 1 aliphatic heterocycles. The third-order valence-electron chi connectivity index (χ3n) is 4.44. The van der Waals surface area contributed by atoms with Gasteiger partial charge in [0.25, 0.3) is 0 Å². The van der Waals surface area contributed by atoms with Crippen LogP contribution in [0.1, 0.15) is 29.4 Å². The average Bonchev–Trinajstić information content (AvgIpc) is 3.17. The summed E-state index contributed by atoms with van der Waals surface area (Å²) < 4.78 is 6.43. The first-order valence-corrected chi connectivity index (χ1v) is 8.21. The van der Waals surface area contributed by atoms with Gasteiger partial charge in [0.2, 0.25) is 0 Å².